The van der Waals surface area contributed by atoms with Crippen molar-refractivity contribution < 1.29 is 23.0 Å². The van der Waals surface area contributed by atoms with Gasteiger partial charge in [0.25, 0.3) is 0 Å². The number of carbonyl (C=O) groups excluding carboxylic acids is 1. The number of hydrogen-bond donors (Lipinski definition) is 1. The van der Waals surface area contributed by atoms with E-state index in [1.807, 2.05) is 13.8 Å². The molecule has 1 aliphatic rings. The maximum absolute atomic E-state index is 13.7. The molecule has 0 aromatic heterocycles. The molecule has 0 amide bonds. The van der Waals surface area contributed by atoms with Crippen LogP contribution >= 0.6 is 0 Å². The summed E-state index contributed by atoms with van der Waals surface area (Å²) in [6.07, 6.45) is 0.605. The van der Waals surface area contributed by atoms with Gasteiger partial charge in [-0.15, -0.1) is 0 Å². The molecule has 0 bridgehead atoms. The van der Waals surface area contributed by atoms with E-state index < -0.39 is 28.9 Å². The molecule has 1 saturated heterocycles. The van der Waals surface area contributed by atoms with Gasteiger partial charge in [0, 0.05) is 12.8 Å². The summed E-state index contributed by atoms with van der Waals surface area (Å²) in [5.41, 5.74) is 4.40. The Balaban J connectivity index is 2.12. The summed E-state index contributed by atoms with van der Waals surface area (Å²) in [4.78, 5) is 11.9. The second kappa shape index (κ2) is 5.75. The van der Waals surface area contributed by atoms with E-state index in [2.05, 4.69) is 0 Å². The van der Waals surface area contributed by atoms with Crippen molar-refractivity contribution in [2.75, 3.05) is 5.73 Å². The van der Waals surface area contributed by atoms with Gasteiger partial charge in [0.1, 0.15) is 17.5 Å². The Labute approximate surface area is 115 Å². The van der Waals surface area contributed by atoms with Gasteiger partial charge < -0.3 is 15.2 Å². The predicted molar refractivity (Wildman–Crippen MR) is 69.2 cm³/mol. The van der Waals surface area contributed by atoms with Crippen LogP contribution in [-0.2, 0) is 9.47 Å². The fourth-order valence-corrected chi connectivity index (χ4v) is 2.41. The zero-order valence-electron chi connectivity index (χ0n) is 11.4. The van der Waals surface area contributed by atoms with Crippen LogP contribution in [0.3, 0.4) is 0 Å². The zero-order valence-corrected chi connectivity index (χ0v) is 11.4. The lowest BCUT2D eigenvalue weighted by Crippen LogP contribution is -2.35. The van der Waals surface area contributed by atoms with Crippen LogP contribution in [0.5, 0.6) is 0 Å². The topological polar surface area (TPSA) is 61.5 Å². The average molecular weight is 285 g/mol. The third-order valence-electron chi connectivity index (χ3n) is 3.21. The number of hydrogen-bond acceptors (Lipinski definition) is 4. The van der Waals surface area contributed by atoms with Crippen LogP contribution in [0.25, 0.3) is 0 Å². The number of nitrogens with two attached hydrogens (primary N) is 1. The number of esters is 1. The second-order valence-electron chi connectivity index (χ2n) is 5.11. The molecule has 20 heavy (non-hydrogen) atoms. The molecule has 1 aromatic rings. The Bertz CT molecular complexity index is 511. The van der Waals surface area contributed by atoms with Gasteiger partial charge in [-0.05, 0) is 26.0 Å². The van der Waals surface area contributed by atoms with Crippen LogP contribution < -0.4 is 5.73 Å². The van der Waals surface area contributed by atoms with Gasteiger partial charge in [-0.3, -0.25) is 0 Å². The van der Waals surface area contributed by atoms with E-state index in [0.29, 0.717) is 12.8 Å². The summed E-state index contributed by atoms with van der Waals surface area (Å²) in [5, 5.41) is 0. The number of benzene rings is 1. The molecule has 1 aliphatic heterocycles. The summed E-state index contributed by atoms with van der Waals surface area (Å²) >= 11 is 0. The van der Waals surface area contributed by atoms with Crippen molar-refractivity contribution in [3.05, 3.63) is 29.3 Å². The summed E-state index contributed by atoms with van der Waals surface area (Å²) in [7, 11) is 0. The lowest BCUT2D eigenvalue weighted by atomic mass is 10.0. The first-order valence-electron chi connectivity index (χ1n) is 6.47. The number of nitrogen functional groups attached to an aromatic ring is 1. The van der Waals surface area contributed by atoms with Crippen LogP contribution in [0.4, 0.5) is 14.5 Å². The van der Waals surface area contributed by atoms with Crippen molar-refractivity contribution in [3.8, 4) is 0 Å². The highest BCUT2D eigenvalue weighted by Gasteiger charge is 2.28. The quantitative estimate of drug-likeness (QED) is 0.670. The maximum Gasteiger partial charge on any atom is 0.341 e. The SMILES string of the molecule is CC1CC(OC(=O)c2cc(F)cc(N)c2F)CC(C)O1. The van der Waals surface area contributed by atoms with E-state index in [0.717, 1.165) is 12.1 Å². The van der Waals surface area contributed by atoms with E-state index in [1.165, 1.54) is 0 Å². The van der Waals surface area contributed by atoms with E-state index in [9.17, 15) is 13.6 Å². The molecule has 4 nitrogen and oxygen atoms in total. The maximum atomic E-state index is 13.7. The number of ether oxygens (including phenoxy) is 2. The Morgan fingerprint density at radius 3 is 2.50 bits per heavy atom. The molecule has 1 heterocycles. The molecular formula is C14H17F2NO3. The fourth-order valence-electron chi connectivity index (χ4n) is 2.41. The third kappa shape index (κ3) is 3.25. The van der Waals surface area contributed by atoms with Gasteiger partial charge in [0.2, 0.25) is 0 Å². The van der Waals surface area contributed by atoms with Crippen LogP contribution in [0, 0.1) is 11.6 Å². The molecule has 2 unspecified atom stereocenters. The monoisotopic (exact) mass is 285 g/mol. The number of carbonyl (C=O) groups is 1. The summed E-state index contributed by atoms with van der Waals surface area (Å²) in [6.45, 7) is 3.74. The highest BCUT2D eigenvalue weighted by molar-refractivity contribution is 5.91. The van der Waals surface area contributed by atoms with Gasteiger partial charge in [-0.1, -0.05) is 0 Å². The molecule has 2 N–H and O–H groups in total. The minimum absolute atomic E-state index is 0.0426. The van der Waals surface area contributed by atoms with E-state index in [1.54, 1.807) is 0 Å². The first-order valence-corrected chi connectivity index (χ1v) is 6.47. The van der Waals surface area contributed by atoms with Crippen molar-refractivity contribution in [2.24, 2.45) is 0 Å². The number of halogens is 2. The number of anilines is 1. The van der Waals surface area contributed by atoms with E-state index in [4.69, 9.17) is 15.2 Å². The molecule has 0 aliphatic carbocycles. The molecule has 2 rings (SSSR count). The molecule has 110 valence electrons. The predicted octanol–water partition coefficient (Wildman–Crippen LogP) is 2.66. The molecular weight excluding hydrogens is 268 g/mol. The standard InChI is InChI=1S/C14H17F2NO3/c1-7-3-10(4-8(2)19-7)20-14(18)11-5-9(15)6-12(17)13(11)16/h5-8,10H,3-4,17H2,1-2H3. The minimum atomic E-state index is -0.954. The molecule has 0 spiro atoms. The number of rotatable bonds is 2. The van der Waals surface area contributed by atoms with Crippen LogP contribution in [0.1, 0.15) is 37.0 Å². The van der Waals surface area contributed by atoms with Crippen molar-refractivity contribution >= 4 is 11.7 Å². The highest BCUT2D eigenvalue weighted by Crippen LogP contribution is 2.24. The van der Waals surface area contributed by atoms with Gasteiger partial charge in [-0.2, -0.15) is 0 Å². The normalized spacial score (nSPS) is 26.3. The summed E-state index contributed by atoms with van der Waals surface area (Å²) < 4.78 is 37.7. The largest absolute Gasteiger partial charge is 0.458 e. The van der Waals surface area contributed by atoms with Crippen LogP contribution in [0.2, 0.25) is 0 Å². The molecule has 1 aromatic carbocycles. The Morgan fingerprint density at radius 1 is 1.30 bits per heavy atom. The fraction of sp³-hybridized carbons (Fsp3) is 0.500. The van der Waals surface area contributed by atoms with Crippen molar-refractivity contribution in [2.45, 2.75) is 45.0 Å². The molecule has 1 fully saturated rings. The van der Waals surface area contributed by atoms with E-state index >= 15 is 0 Å². The van der Waals surface area contributed by atoms with Gasteiger partial charge in [0.15, 0.2) is 5.82 Å². The second-order valence-corrected chi connectivity index (χ2v) is 5.11. The van der Waals surface area contributed by atoms with Crippen molar-refractivity contribution in [1.29, 1.82) is 0 Å². The molecule has 2 atom stereocenters. The van der Waals surface area contributed by atoms with Gasteiger partial charge >= 0.3 is 5.97 Å². The Morgan fingerprint density at radius 2 is 1.90 bits per heavy atom. The van der Waals surface area contributed by atoms with Crippen molar-refractivity contribution in [3.63, 3.8) is 0 Å². The molecule has 6 heteroatoms. The lowest BCUT2D eigenvalue weighted by Gasteiger charge is -2.31. The van der Waals surface area contributed by atoms with Gasteiger partial charge in [0.05, 0.1) is 17.9 Å². The third-order valence-corrected chi connectivity index (χ3v) is 3.21. The summed E-state index contributed by atoms with van der Waals surface area (Å²) in [6, 6.07) is 1.62. The molecule has 0 saturated carbocycles. The average Bonchev–Trinajstić information content (AvgIpc) is 2.32. The smallest absolute Gasteiger partial charge is 0.341 e. The lowest BCUT2D eigenvalue weighted by molar-refractivity contribution is -0.0856. The first-order chi connectivity index (χ1) is 9.36. The Hall–Kier alpha value is -1.69. The molecule has 0 radical (unpaired) electrons. The van der Waals surface area contributed by atoms with Crippen LogP contribution in [0.15, 0.2) is 12.1 Å². The van der Waals surface area contributed by atoms with Gasteiger partial charge in [-0.25, -0.2) is 13.6 Å². The van der Waals surface area contributed by atoms with Crippen molar-refractivity contribution in [1.82, 2.24) is 0 Å². The zero-order chi connectivity index (χ0) is 14.9. The first kappa shape index (κ1) is 14.7. The summed E-state index contributed by atoms with van der Waals surface area (Å²) in [5.74, 6) is -2.63. The van der Waals surface area contributed by atoms with Crippen LogP contribution in [-0.4, -0.2) is 24.3 Å². The van der Waals surface area contributed by atoms with E-state index in [-0.39, 0.29) is 18.3 Å². The highest BCUT2D eigenvalue weighted by atomic mass is 19.1. The Kier molecular flexibility index (Phi) is 4.23. The minimum Gasteiger partial charge on any atom is -0.458 e.